The zero-order valence-corrected chi connectivity index (χ0v) is 52.4. The van der Waals surface area contributed by atoms with E-state index in [-0.39, 0.29) is 31.1 Å². The maximum absolute atomic E-state index is 12.9. The minimum Gasteiger partial charge on any atom is -0.462 e. The molecule has 0 radical (unpaired) electrons. The third kappa shape index (κ3) is 65.3. The monoisotopic (exact) mass is 1100 g/mol. The van der Waals surface area contributed by atoms with Crippen molar-refractivity contribution in [1.82, 2.24) is 0 Å². The van der Waals surface area contributed by atoms with E-state index in [1.165, 1.54) is 186 Å². The molecule has 456 valence electrons. The molecule has 79 heavy (non-hydrogen) atoms. The predicted octanol–water partition coefficient (Wildman–Crippen LogP) is 23.4. The number of carbonyl (C=O) groups is 3. The Kier molecular flexibility index (Phi) is 64.2. The Labute approximate surface area is 490 Å². The highest BCUT2D eigenvalue weighted by Gasteiger charge is 2.19. The molecule has 0 heterocycles. The van der Waals surface area contributed by atoms with Gasteiger partial charge in [0.05, 0.1) is 0 Å². The number of hydrogen-bond donors (Lipinski definition) is 0. The first kappa shape index (κ1) is 75.6. The SMILES string of the molecule is CCC/C=C\C/C=C\CCCCCCCC(=O)OCC(COC(=O)CCCCCCCCCCCCCCC/C=C\C/C=C\CCCCCCC)OC(=O)CCCCCCCCCC/C=C\C/C=C\C/C=C\CCCCCCC. The van der Waals surface area contributed by atoms with Gasteiger partial charge in [-0.3, -0.25) is 14.4 Å². The van der Waals surface area contributed by atoms with Crippen molar-refractivity contribution in [3.8, 4) is 0 Å². The summed E-state index contributed by atoms with van der Waals surface area (Å²) in [6, 6.07) is 0. The fraction of sp³-hybridized carbons (Fsp3) is 0.767. The highest BCUT2D eigenvalue weighted by atomic mass is 16.6. The molecule has 0 fully saturated rings. The summed E-state index contributed by atoms with van der Waals surface area (Å²) in [4.78, 5) is 38.4. The Bertz CT molecular complexity index is 1500. The van der Waals surface area contributed by atoms with Crippen LogP contribution in [0, 0.1) is 0 Å². The Balaban J connectivity index is 4.31. The maximum Gasteiger partial charge on any atom is 0.306 e. The van der Waals surface area contributed by atoms with Gasteiger partial charge in [-0.1, -0.05) is 292 Å². The molecule has 0 N–H and O–H groups in total. The van der Waals surface area contributed by atoms with Gasteiger partial charge >= 0.3 is 17.9 Å². The van der Waals surface area contributed by atoms with E-state index in [1.807, 2.05) is 0 Å². The van der Waals surface area contributed by atoms with Crippen molar-refractivity contribution in [3.63, 3.8) is 0 Å². The van der Waals surface area contributed by atoms with Crippen LogP contribution in [-0.2, 0) is 28.6 Å². The first-order valence-corrected chi connectivity index (χ1v) is 34.1. The lowest BCUT2D eigenvalue weighted by Gasteiger charge is -2.18. The number of unbranched alkanes of at least 4 members (excludes halogenated alkanes) is 37. The topological polar surface area (TPSA) is 78.9 Å². The molecule has 0 spiro atoms. The summed E-state index contributed by atoms with van der Waals surface area (Å²) in [5, 5.41) is 0. The van der Waals surface area contributed by atoms with E-state index >= 15 is 0 Å². The molecule has 0 aliphatic carbocycles. The van der Waals surface area contributed by atoms with Crippen molar-refractivity contribution in [2.45, 2.75) is 348 Å². The van der Waals surface area contributed by atoms with Crippen molar-refractivity contribution in [1.29, 1.82) is 0 Å². The number of esters is 3. The van der Waals surface area contributed by atoms with Crippen LogP contribution < -0.4 is 0 Å². The molecule has 1 atom stereocenters. The summed E-state index contributed by atoms with van der Waals surface area (Å²) in [7, 11) is 0. The van der Waals surface area contributed by atoms with Crippen LogP contribution in [0.1, 0.15) is 342 Å². The Morgan fingerprint density at radius 3 is 0.759 bits per heavy atom. The molecular formula is C73H128O6. The van der Waals surface area contributed by atoms with E-state index in [2.05, 4.69) is 106 Å². The van der Waals surface area contributed by atoms with Gasteiger partial charge in [0.1, 0.15) is 13.2 Å². The Morgan fingerprint density at radius 1 is 0.253 bits per heavy atom. The van der Waals surface area contributed by atoms with Gasteiger partial charge in [-0.25, -0.2) is 0 Å². The molecule has 0 saturated heterocycles. The number of hydrogen-bond acceptors (Lipinski definition) is 6. The summed E-state index contributed by atoms with van der Waals surface area (Å²) in [5.41, 5.74) is 0. The summed E-state index contributed by atoms with van der Waals surface area (Å²) in [6.07, 6.45) is 88.8. The first-order chi connectivity index (χ1) is 39.0. The minimum atomic E-state index is -0.789. The Hall–Kier alpha value is -3.41. The van der Waals surface area contributed by atoms with Crippen molar-refractivity contribution in [2.75, 3.05) is 13.2 Å². The van der Waals surface area contributed by atoms with Gasteiger partial charge in [-0.05, 0) is 116 Å². The van der Waals surface area contributed by atoms with Crippen molar-refractivity contribution < 1.29 is 28.6 Å². The number of rotatable bonds is 62. The van der Waals surface area contributed by atoms with Crippen molar-refractivity contribution >= 4 is 17.9 Å². The largest absolute Gasteiger partial charge is 0.462 e. The molecule has 0 aliphatic heterocycles. The predicted molar refractivity (Wildman–Crippen MR) is 344 cm³/mol. The zero-order chi connectivity index (χ0) is 57.1. The van der Waals surface area contributed by atoms with E-state index in [4.69, 9.17) is 14.2 Å². The normalized spacial score (nSPS) is 12.6. The van der Waals surface area contributed by atoms with E-state index in [9.17, 15) is 14.4 Å². The lowest BCUT2D eigenvalue weighted by Crippen LogP contribution is -2.30. The molecule has 0 aromatic rings. The van der Waals surface area contributed by atoms with Gasteiger partial charge in [0, 0.05) is 19.3 Å². The third-order valence-corrected chi connectivity index (χ3v) is 14.8. The lowest BCUT2D eigenvalue weighted by atomic mass is 10.0. The molecule has 0 rings (SSSR count). The third-order valence-electron chi connectivity index (χ3n) is 14.8. The maximum atomic E-state index is 12.9. The smallest absolute Gasteiger partial charge is 0.306 e. The summed E-state index contributed by atoms with van der Waals surface area (Å²) in [6.45, 7) is 6.57. The average Bonchev–Trinajstić information content (AvgIpc) is 3.45. The van der Waals surface area contributed by atoms with Crippen molar-refractivity contribution in [2.24, 2.45) is 0 Å². The van der Waals surface area contributed by atoms with Crippen LogP contribution in [-0.4, -0.2) is 37.2 Å². The quantitative estimate of drug-likeness (QED) is 0.0261. The highest BCUT2D eigenvalue weighted by molar-refractivity contribution is 5.71. The van der Waals surface area contributed by atoms with Gasteiger partial charge in [-0.15, -0.1) is 0 Å². The van der Waals surface area contributed by atoms with Crippen LogP contribution >= 0.6 is 0 Å². The molecule has 6 nitrogen and oxygen atoms in total. The zero-order valence-electron chi connectivity index (χ0n) is 52.4. The number of allylic oxidation sites excluding steroid dienone is 14. The molecule has 0 saturated carbocycles. The standard InChI is InChI=1S/C73H128O6/c1-4-7-10-13-16-19-22-25-27-29-31-33-35-36-38-39-41-43-45-48-51-54-57-60-63-66-72(75)78-69-70(68-77-71(74)65-62-59-56-53-50-47-24-21-18-15-12-9-6-3)79-73(76)67-64-61-58-55-52-49-46-44-42-40-37-34-32-30-28-26-23-20-17-14-11-8-5-2/h12,15,21-26,29-32,37,40,70H,4-11,13-14,16-20,27-28,33-36,38-39,41-69H2,1-3H3/b15-12-,24-21-,25-22-,26-23-,31-29-,32-30-,40-37-. The molecule has 0 aliphatic rings. The molecule has 0 amide bonds. The van der Waals surface area contributed by atoms with Gasteiger partial charge in [0.15, 0.2) is 6.10 Å². The van der Waals surface area contributed by atoms with Crippen LogP contribution in [0.3, 0.4) is 0 Å². The van der Waals surface area contributed by atoms with E-state index in [1.54, 1.807) is 0 Å². The molecule has 0 bridgehead atoms. The number of ether oxygens (including phenoxy) is 3. The van der Waals surface area contributed by atoms with Crippen LogP contribution in [0.2, 0.25) is 0 Å². The van der Waals surface area contributed by atoms with E-state index < -0.39 is 6.10 Å². The van der Waals surface area contributed by atoms with E-state index in [0.717, 1.165) is 116 Å². The van der Waals surface area contributed by atoms with Crippen molar-refractivity contribution in [3.05, 3.63) is 85.1 Å². The molecular weight excluding hydrogens is 973 g/mol. The molecule has 6 heteroatoms. The molecule has 0 aromatic carbocycles. The second-order valence-electron chi connectivity index (χ2n) is 22.7. The summed E-state index contributed by atoms with van der Waals surface area (Å²) < 4.78 is 16.9. The fourth-order valence-electron chi connectivity index (χ4n) is 9.70. The Morgan fingerprint density at radius 2 is 0.481 bits per heavy atom. The van der Waals surface area contributed by atoms with Crippen LogP contribution in [0.5, 0.6) is 0 Å². The van der Waals surface area contributed by atoms with Crippen LogP contribution in [0.15, 0.2) is 85.1 Å². The fourth-order valence-corrected chi connectivity index (χ4v) is 9.70. The van der Waals surface area contributed by atoms with Crippen LogP contribution in [0.25, 0.3) is 0 Å². The van der Waals surface area contributed by atoms with Gasteiger partial charge < -0.3 is 14.2 Å². The first-order valence-electron chi connectivity index (χ1n) is 34.1. The van der Waals surface area contributed by atoms with Gasteiger partial charge in [0.2, 0.25) is 0 Å². The lowest BCUT2D eigenvalue weighted by molar-refractivity contribution is -0.167. The number of carbonyl (C=O) groups excluding carboxylic acids is 3. The molecule has 1 unspecified atom stereocenters. The second-order valence-corrected chi connectivity index (χ2v) is 22.7. The van der Waals surface area contributed by atoms with E-state index in [0.29, 0.717) is 19.3 Å². The summed E-state index contributed by atoms with van der Waals surface area (Å²) >= 11 is 0. The molecule has 0 aromatic heterocycles. The average molecular weight is 1100 g/mol. The minimum absolute atomic E-state index is 0.0832. The van der Waals surface area contributed by atoms with Crippen LogP contribution in [0.4, 0.5) is 0 Å². The summed E-state index contributed by atoms with van der Waals surface area (Å²) in [5.74, 6) is -0.892. The second kappa shape index (κ2) is 67.1. The highest BCUT2D eigenvalue weighted by Crippen LogP contribution is 2.17. The van der Waals surface area contributed by atoms with Gasteiger partial charge in [-0.2, -0.15) is 0 Å². The van der Waals surface area contributed by atoms with Gasteiger partial charge in [0.25, 0.3) is 0 Å².